The molecule has 0 fully saturated rings. The van der Waals surface area contributed by atoms with Crippen LogP contribution in [-0.4, -0.2) is 24.6 Å². The third-order valence-corrected chi connectivity index (χ3v) is 6.15. The molecule has 3 aromatic carbocycles. The van der Waals surface area contributed by atoms with E-state index >= 15 is 0 Å². The van der Waals surface area contributed by atoms with Gasteiger partial charge in [0, 0.05) is 12.0 Å². The minimum Gasteiger partial charge on any atom is -0.347 e. The molecule has 0 aliphatic rings. The maximum atomic E-state index is 12.1. The monoisotopic (exact) mass is 459 g/mol. The summed E-state index contributed by atoms with van der Waals surface area (Å²) in [5, 5.41) is 11.3. The average Bonchev–Trinajstić information content (AvgIpc) is 2.86. The maximum absolute atomic E-state index is 12.1. The minimum atomic E-state index is -0.332. The molecule has 5 heteroatoms. The van der Waals surface area contributed by atoms with Crippen LogP contribution in [0.4, 0.5) is 0 Å². The standard InChI is InChI=1S/C29H37N3O2/c1-2-3-4-5-6-7-8-9-10-19-28(33)30-22-29(34)32-31-21-27-25-17-13-11-15-23(25)20-24-16-12-14-18-26(24)27/h11-18,20-21H,2-10,19,22H2,1H3,(H,30,33)(H,32,34). The van der Waals surface area contributed by atoms with Crippen LogP contribution in [0, 0.1) is 0 Å². The second-order valence-corrected chi connectivity index (χ2v) is 8.88. The van der Waals surface area contributed by atoms with Crippen LogP contribution in [0.2, 0.25) is 0 Å². The van der Waals surface area contributed by atoms with Crippen LogP contribution < -0.4 is 10.7 Å². The Labute approximate surface area is 203 Å². The molecule has 0 unspecified atom stereocenters. The molecule has 2 N–H and O–H groups in total. The Morgan fingerprint density at radius 3 is 1.94 bits per heavy atom. The number of carbonyl (C=O) groups is 2. The molecule has 0 atom stereocenters. The van der Waals surface area contributed by atoms with Gasteiger partial charge in [-0.05, 0) is 34.0 Å². The molecule has 0 heterocycles. The van der Waals surface area contributed by atoms with E-state index in [-0.39, 0.29) is 18.4 Å². The quantitative estimate of drug-likeness (QED) is 0.125. The van der Waals surface area contributed by atoms with Gasteiger partial charge in [0.15, 0.2) is 0 Å². The van der Waals surface area contributed by atoms with Crippen molar-refractivity contribution in [2.45, 2.75) is 71.1 Å². The van der Waals surface area contributed by atoms with Gasteiger partial charge in [-0.3, -0.25) is 9.59 Å². The first-order chi connectivity index (χ1) is 16.7. The lowest BCUT2D eigenvalue weighted by molar-refractivity contribution is -0.126. The van der Waals surface area contributed by atoms with E-state index in [9.17, 15) is 9.59 Å². The number of hydrazone groups is 1. The van der Waals surface area contributed by atoms with Crippen molar-refractivity contribution in [1.82, 2.24) is 10.7 Å². The first kappa shape index (κ1) is 25.4. The molecule has 0 radical (unpaired) electrons. The zero-order chi connectivity index (χ0) is 24.0. The number of hydrogen-bond donors (Lipinski definition) is 2. The molecule has 5 nitrogen and oxygen atoms in total. The van der Waals surface area contributed by atoms with Gasteiger partial charge in [-0.1, -0.05) is 107 Å². The average molecular weight is 460 g/mol. The molecule has 3 aromatic rings. The fourth-order valence-corrected chi connectivity index (χ4v) is 4.26. The van der Waals surface area contributed by atoms with Crippen LogP contribution in [0.15, 0.2) is 59.7 Å². The molecule has 2 amide bonds. The van der Waals surface area contributed by atoms with Crippen molar-refractivity contribution in [3.63, 3.8) is 0 Å². The van der Waals surface area contributed by atoms with Crippen molar-refractivity contribution in [3.05, 3.63) is 60.2 Å². The van der Waals surface area contributed by atoms with Crippen molar-refractivity contribution in [2.75, 3.05) is 6.54 Å². The molecule has 0 bridgehead atoms. The van der Waals surface area contributed by atoms with Crippen LogP contribution in [0.3, 0.4) is 0 Å². The number of amides is 2. The number of hydrogen-bond acceptors (Lipinski definition) is 3. The van der Waals surface area contributed by atoms with Gasteiger partial charge in [0.05, 0.1) is 12.8 Å². The van der Waals surface area contributed by atoms with Gasteiger partial charge in [-0.15, -0.1) is 0 Å². The Hall–Kier alpha value is -3.21. The summed E-state index contributed by atoms with van der Waals surface area (Å²) in [5.74, 6) is -0.414. The summed E-state index contributed by atoms with van der Waals surface area (Å²) in [4.78, 5) is 24.2. The highest BCUT2D eigenvalue weighted by molar-refractivity contribution is 6.13. The van der Waals surface area contributed by atoms with E-state index in [1.807, 2.05) is 24.3 Å². The Bertz CT molecular complexity index is 1050. The molecule has 0 saturated heterocycles. The smallest absolute Gasteiger partial charge is 0.259 e. The number of carbonyl (C=O) groups excluding carboxylic acids is 2. The van der Waals surface area contributed by atoms with Crippen molar-refractivity contribution < 1.29 is 9.59 Å². The van der Waals surface area contributed by atoms with Crippen molar-refractivity contribution in [2.24, 2.45) is 5.10 Å². The number of nitrogens with zero attached hydrogens (tertiary/aromatic N) is 1. The second kappa shape index (κ2) is 14.1. The molecule has 0 saturated carbocycles. The summed E-state index contributed by atoms with van der Waals surface area (Å²) in [6, 6.07) is 18.4. The third kappa shape index (κ3) is 7.98. The van der Waals surface area contributed by atoms with Gasteiger partial charge in [0.25, 0.3) is 5.91 Å². The van der Waals surface area contributed by atoms with Crippen molar-refractivity contribution in [3.8, 4) is 0 Å². The maximum Gasteiger partial charge on any atom is 0.259 e. The molecule has 0 aliphatic heterocycles. The Morgan fingerprint density at radius 2 is 1.32 bits per heavy atom. The lowest BCUT2D eigenvalue weighted by Crippen LogP contribution is -2.34. The van der Waals surface area contributed by atoms with Crippen LogP contribution in [-0.2, 0) is 9.59 Å². The second-order valence-electron chi connectivity index (χ2n) is 8.88. The number of nitrogens with one attached hydrogen (secondary N) is 2. The van der Waals surface area contributed by atoms with Crippen LogP contribution in [0.5, 0.6) is 0 Å². The molecule has 0 spiro atoms. The van der Waals surface area contributed by atoms with Gasteiger partial charge in [0.1, 0.15) is 0 Å². The lowest BCUT2D eigenvalue weighted by atomic mass is 9.97. The Kier molecular flexibility index (Phi) is 10.6. The predicted molar refractivity (Wildman–Crippen MR) is 142 cm³/mol. The summed E-state index contributed by atoms with van der Waals surface area (Å²) in [7, 11) is 0. The van der Waals surface area contributed by atoms with E-state index in [1.165, 1.54) is 44.9 Å². The first-order valence-electron chi connectivity index (χ1n) is 12.7. The fourth-order valence-electron chi connectivity index (χ4n) is 4.26. The Morgan fingerprint density at radius 1 is 0.765 bits per heavy atom. The molecular weight excluding hydrogens is 422 g/mol. The van der Waals surface area contributed by atoms with Crippen LogP contribution >= 0.6 is 0 Å². The number of benzene rings is 3. The van der Waals surface area contributed by atoms with E-state index in [0.29, 0.717) is 6.42 Å². The molecule has 3 rings (SSSR count). The first-order valence-corrected chi connectivity index (χ1v) is 12.7. The third-order valence-electron chi connectivity index (χ3n) is 6.15. The number of fused-ring (bicyclic) bond motifs is 2. The summed E-state index contributed by atoms with van der Waals surface area (Å²) < 4.78 is 0. The molecule has 0 aromatic heterocycles. The fraction of sp³-hybridized carbons (Fsp3) is 0.414. The summed E-state index contributed by atoms with van der Waals surface area (Å²) in [5.41, 5.74) is 3.50. The summed E-state index contributed by atoms with van der Waals surface area (Å²) >= 11 is 0. The van der Waals surface area contributed by atoms with Gasteiger partial charge in [0.2, 0.25) is 5.91 Å². The highest BCUT2D eigenvalue weighted by Crippen LogP contribution is 2.27. The zero-order valence-electron chi connectivity index (χ0n) is 20.3. The highest BCUT2D eigenvalue weighted by atomic mass is 16.2. The largest absolute Gasteiger partial charge is 0.347 e. The zero-order valence-corrected chi connectivity index (χ0v) is 20.3. The Balaban J connectivity index is 1.39. The molecule has 0 aliphatic carbocycles. The van der Waals surface area contributed by atoms with E-state index in [4.69, 9.17) is 0 Å². The molecular formula is C29H37N3O2. The van der Waals surface area contributed by atoms with Gasteiger partial charge in [-0.2, -0.15) is 5.10 Å². The van der Waals surface area contributed by atoms with Gasteiger partial charge < -0.3 is 5.32 Å². The van der Waals surface area contributed by atoms with E-state index in [2.05, 4.69) is 53.1 Å². The van der Waals surface area contributed by atoms with E-state index < -0.39 is 0 Å². The summed E-state index contributed by atoms with van der Waals surface area (Å²) in [6.07, 6.45) is 13.1. The summed E-state index contributed by atoms with van der Waals surface area (Å²) in [6.45, 7) is 2.17. The topological polar surface area (TPSA) is 70.6 Å². The van der Waals surface area contributed by atoms with Crippen molar-refractivity contribution in [1.29, 1.82) is 0 Å². The van der Waals surface area contributed by atoms with Crippen LogP contribution in [0.25, 0.3) is 21.5 Å². The van der Waals surface area contributed by atoms with Gasteiger partial charge >= 0.3 is 0 Å². The highest BCUT2D eigenvalue weighted by Gasteiger charge is 2.07. The minimum absolute atomic E-state index is 0.0656. The van der Waals surface area contributed by atoms with E-state index in [0.717, 1.165) is 39.9 Å². The lowest BCUT2D eigenvalue weighted by Gasteiger charge is -2.08. The van der Waals surface area contributed by atoms with Crippen molar-refractivity contribution >= 4 is 39.6 Å². The van der Waals surface area contributed by atoms with Crippen LogP contribution in [0.1, 0.15) is 76.7 Å². The molecule has 180 valence electrons. The normalized spacial score (nSPS) is 11.3. The number of rotatable bonds is 14. The van der Waals surface area contributed by atoms with Gasteiger partial charge in [-0.25, -0.2) is 5.43 Å². The SMILES string of the molecule is CCCCCCCCCCCC(=O)NCC(=O)NN=Cc1c2ccccc2cc2ccccc12. The molecule has 34 heavy (non-hydrogen) atoms. The van der Waals surface area contributed by atoms with E-state index in [1.54, 1.807) is 6.21 Å². The predicted octanol–water partition coefficient (Wildman–Crippen LogP) is 6.48. The number of unbranched alkanes of at least 4 members (excludes halogenated alkanes) is 8.